The monoisotopic (exact) mass is 343 g/mol. The number of carbonyl (C=O) groups is 2. The Kier molecular flexibility index (Phi) is 4.37. The number of ether oxygens (including phenoxy) is 1. The van der Waals surface area contributed by atoms with Gasteiger partial charge in [0.25, 0.3) is 5.91 Å². The summed E-state index contributed by atoms with van der Waals surface area (Å²) < 4.78 is 5.38. The van der Waals surface area contributed by atoms with Crippen molar-refractivity contribution in [3.8, 4) is 0 Å². The topological polar surface area (TPSA) is 61.9 Å². The molecule has 6 nitrogen and oxygen atoms in total. The minimum absolute atomic E-state index is 0.0313. The van der Waals surface area contributed by atoms with E-state index in [-0.39, 0.29) is 17.2 Å². The number of hydrogen-bond donors (Lipinski definition) is 1. The van der Waals surface area contributed by atoms with Crippen molar-refractivity contribution < 1.29 is 14.3 Å². The molecular weight excluding hydrogens is 318 g/mol. The average Bonchev–Trinajstić information content (AvgIpc) is 3.10. The predicted octanol–water partition coefficient (Wildman–Crippen LogP) is 1.27. The third kappa shape index (κ3) is 3.11. The Morgan fingerprint density at radius 3 is 2.56 bits per heavy atom. The highest BCUT2D eigenvalue weighted by Gasteiger charge is 2.46. The number of hydrogen-bond acceptors (Lipinski definition) is 4. The zero-order valence-corrected chi connectivity index (χ0v) is 14.5. The van der Waals surface area contributed by atoms with E-state index < -0.39 is 0 Å². The summed E-state index contributed by atoms with van der Waals surface area (Å²) in [7, 11) is 0. The van der Waals surface area contributed by atoms with E-state index in [1.54, 1.807) is 0 Å². The van der Waals surface area contributed by atoms with Crippen LogP contribution in [0.1, 0.15) is 29.6 Å². The van der Waals surface area contributed by atoms with Crippen molar-refractivity contribution in [3.05, 3.63) is 29.8 Å². The first kappa shape index (κ1) is 16.4. The molecule has 3 fully saturated rings. The maximum atomic E-state index is 12.8. The van der Waals surface area contributed by atoms with Gasteiger partial charge in [-0.15, -0.1) is 0 Å². The molecule has 0 radical (unpaired) electrons. The van der Waals surface area contributed by atoms with Crippen LogP contribution >= 0.6 is 0 Å². The summed E-state index contributed by atoms with van der Waals surface area (Å²) in [5, 5.41) is 2.97. The molecule has 0 aliphatic carbocycles. The van der Waals surface area contributed by atoms with Crippen LogP contribution in [0.4, 0.5) is 5.69 Å². The van der Waals surface area contributed by atoms with Crippen LogP contribution in [0.25, 0.3) is 0 Å². The molecule has 1 N–H and O–H groups in total. The van der Waals surface area contributed by atoms with Crippen molar-refractivity contribution in [1.29, 1.82) is 0 Å². The van der Waals surface area contributed by atoms with Gasteiger partial charge in [-0.05, 0) is 43.5 Å². The third-order valence-corrected chi connectivity index (χ3v) is 5.73. The largest absolute Gasteiger partial charge is 0.378 e. The van der Waals surface area contributed by atoms with Gasteiger partial charge in [-0.25, -0.2) is 0 Å². The standard InChI is InChI=1S/C19H25N3O3/c23-17(22-9-7-19(14-22)6-1-8-20-18(19)24)15-2-4-16(5-3-15)21-10-12-25-13-11-21/h2-5H,1,6-14H2,(H,20,24)/t19-/m1/s1. The molecule has 6 heteroatoms. The van der Waals surface area contributed by atoms with E-state index in [1.807, 2.05) is 29.2 Å². The number of morpholine rings is 1. The molecule has 25 heavy (non-hydrogen) atoms. The molecule has 3 aliphatic heterocycles. The van der Waals surface area contributed by atoms with Crippen LogP contribution in [0.5, 0.6) is 0 Å². The lowest BCUT2D eigenvalue weighted by molar-refractivity contribution is -0.132. The minimum Gasteiger partial charge on any atom is -0.378 e. The van der Waals surface area contributed by atoms with Crippen LogP contribution in [0, 0.1) is 5.41 Å². The van der Waals surface area contributed by atoms with Gasteiger partial charge in [0.05, 0.1) is 18.6 Å². The molecule has 1 spiro atoms. The number of nitrogens with one attached hydrogen (secondary N) is 1. The van der Waals surface area contributed by atoms with Crippen LogP contribution < -0.4 is 10.2 Å². The summed E-state index contributed by atoms with van der Waals surface area (Å²) in [6.07, 6.45) is 2.66. The number of piperidine rings is 1. The third-order valence-electron chi connectivity index (χ3n) is 5.73. The first-order valence-electron chi connectivity index (χ1n) is 9.18. The second kappa shape index (κ2) is 6.67. The van der Waals surface area contributed by atoms with Gasteiger partial charge in [-0.2, -0.15) is 0 Å². The molecule has 134 valence electrons. The Morgan fingerprint density at radius 1 is 1.08 bits per heavy atom. The van der Waals surface area contributed by atoms with Crippen molar-refractivity contribution >= 4 is 17.5 Å². The summed E-state index contributed by atoms with van der Waals surface area (Å²) in [5.74, 6) is 0.153. The molecule has 0 aromatic heterocycles. The Hall–Kier alpha value is -2.08. The number of amides is 2. The molecule has 3 saturated heterocycles. The van der Waals surface area contributed by atoms with Crippen LogP contribution in [0.3, 0.4) is 0 Å². The van der Waals surface area contributed by atoms with Gasteiger partial charge in [0, 0.05) is 44.0 Å². The molecule has 4 rings (SSSR count). The molecule has 1 aromatic rings. The van der Waals surface area contributed by atoms with E-state index in [0.29, 0.717) is 18.7 Å². The highest BCUT2D eigenvalue weighted by Crippen LogP contribution is 2.37. The zero-order chi connectivity index (χ0) is 17.3. The molecule has 0 unspecified atom stereocenters. The van der Waals surface area contributed by atoms with Gasteiger partial charge in [-0.1, -0.05) is 0 Å². The number of carbonyl (C=O) groups excluding carboxylic acids is 2. The lowest BCUT2D eigenvalue weighted by Crippen LogP contribution is -2.47. The number of rotatable bonds is 2. The van der Waals surface area contributed by atoms with E-state index in [9.17, 15) is 9.59 Å². The minimum atomic E-state index is -0.359. The van der Waals surface area contributed by atoms with Gasteiger partial charge in [-0.3, -0.25) is 9.59 Å². The molecule has 1 aromatic carbocycles. The second-order valence-electron chi connectivity index (χ2n) is 7.26. The molecule has 3 aliphatic rings. The van der Waals surface area contributed by atoms with Gasteiger partial charge >= 0.3 is 0 Å². The molecule has 0 bridgehead atoms. The highest BCUT2D eigenvalue weighted by molar-refractivity contribution is 5.95. The van der Waals surface area contributed by atoms with E-state index in [2.05, 4.69) is 10.2 Å². The van der Waals surface area contributed by atoms with Gasteiger partial charge in [0.1, 0.15) is 0 Å². The lowest BCUT2D eigenvalue weighted by Gasteiger charge is -2.32. The van der Waals surface area contributed by atoms with Crippen LogP contribution in [0.2, 0.25) is 0 Å². The summed E-state index contributed by atoms with van der Waals surface area (Å²) >= 11 is 0. The normalized spacial score (nSPS) is 26.8. The first-order valence-corrected chi connectivity index (χ1v) is 9.18. The average molecular weight is 343 g/mol. The van der Waals surface area contributed by atoms with E-state index in [0.717, 1.165) is 57.8 Å². The van der Waals surface area contributed by atoms with Crippen molar-refractivity contribution in [2.75, 3.05) is 50.8 Å². The highest BCUT2D eigenvalue weighted by atomic mass is 16.5. The predicted molar refractivity (Wildman–Crippen MR) is 94.7 cm³/mol. The maximum absolute atomic E-state index is 12.8. The fraction of sp³-hybridized carbons (Fsp3) is 0.579. The number of anilines is 1. The lowest BCUT2D eigenvalue weighted by atomic mass is 9.79. The van der Waals surface area contributed by atoms with Crippen molar-refractivity contribution in [3.63, 3.8) is 0 Å². The van der Waals surface area contributed by atoms with Crippen molar-refractivity contribution in [1.82, 2.24) is 10.2 Å². The van der Waals surface area contributed by atoms with E-state index in [4.69, 9.17) is 4.74 Å². The smallest absolute Gasteiger partial charge is 0.253 e. The quantitative estimate of drug-likeness (QED) is 0.878. The molecule has 2 amide bonds. The number of nitrogens with zero attached hydrogens (tertiary/aromatic N) is 2. The molecular formula is C19H25N3O3. The summed E-state index contributed by atoms with van der Waals surface area (Å²) in [5.41, 5.74) is 1.47. The SMILES string of the molecule is O=C(c1ccc(N2CCOCC2)cc1)N1CC[C@]2(CCCNC2=O)C1. The van der Waals surface area contributed by atoms with Gasteiger partial charge < -0.3 is 19.9 Å². The Morgan fingerprint density at radius 2 is 1.84 bits per heavy atom. The van der Waals surface area contributed by atoms with Crippen LogP contribution in [0.15, 0.2) is 24.3 Å². The zero-order valence-electron chi connectivity index (χ0n) is 14.5. The van der Waals surface area contributed by atoms with Crippen LogP contribution in [-0.2, 0) is 9.53 Å². The summed E-state index contributed by atoms with van der Waals surface area (Å²) in [6, 6.07) is 7.83. The first-order chi connectivity index (χ1) is 12.2. The summed E-state index contributed by atoms with van der Waals surface area (Å²) in [4.78, 5) is 29.2. The fourth-order valence-electron chi connectivity index (χ4n) is 4.18. The summed E-state index contributed by atoms with van der Waals surface area (Å²) in [6.45, 7) is 5.24. The number of benzene rings is 1. The number of likely N-dealkylation sites (tertiary alicyclic amines) is 1. The van der Waals surface area contributed by atoms with Gasteiger partial charge in [0.2, 0.25) is 5.91 Å². The Balaban J connectivity index is 1.43. The van der Waals surface area contributed by atoms with E-state index >= 15 is 0 Å². The second-order valence-corrected chi connectivity index (χ2v) is 7.26. The Labute approximate surface area is 148 Å². The van der Waals surface area contributed by atoms with Gasteiger partial charge in [0.15, 0.2) is 0 Å². The van der Waals surface area contributed by atoms with Crippen molar-refractivity contribution in [2.24, 2.45) is 5.41 Å². The fourth-order valence-corrected chi connectivity index (χ4v) is 4.18. The van der Waals surface area contributed by atoms with E-state index in [1.165, 1.54) is 0 Å². The maximum Gasteiger partial charge on any atom is 0.253 e. The molecule has 1 atom stereocenters. The molecule has 3 heterocycles. The Bertz CT molecular complexity index is 654. The molecule has 0 saturated carbocycles. The van der Waals surface area contributed by atoms with Crippen molar-refractivity contribution in [2.45, 2.75) is 19.3 Å². The van der Waals surface area contributed by atoms with Crippen LogP contribution in [-0.4, -0.2) is 62.7 Å².